The van der Waals surface area contributed by atoms with E-state index in [0.29, 0.717) is 21.1 Å². The SMILES string of the molecule is CC(C)(C)OC(=O)COCC1COC(c2nc(Br)c3c(Cl)nccn23)CN1C(=O)OC(C)(C)C. The Kier molecular flexibility index (Phi) is 8.11. The second kappa shape index (κ2) is 10.3. The number of imidazole rings is 1. The molecule has 2 unspecified atom stereocenters. The molecule has 0 radical (unpaired) electrons. The van der Waals surface area contributed by atoms with E-state index in [-0.39, 0.29) is 26.4 Å². The Morgan fingerprint density at radius 1 is 1.21 bits per heavy atom. The van der Waals surface area contributed by atoms with Crippen LogP contribution in [0.4, 0.5) is 4.79 Å². The molecule has 2 aromatic rings. The number of carbonyl (C=O) groups is 2. The highest BCUT2D eigenvalue weighted by atomic mass is 79.9. The molecule has 0 aromatic carbocycles. The van der Waals surface area contributed by atoms with Crippen LogP contribution < -0.4 is 0 Å². The third kappa shape index (κ3) is 6.80. The zero-order valence-corrected chi connectivity index (χ0v) is 22.5. The van der Waals surface area contributed by atoms with Crippen molar-refractivity contribution in [2.75, 3.05) is 26.4 Å². The van der Waals surface area contributed by atoms with E-state index in [1.165, 1.54) is 0 Å². The molecule has 1 saturated heterocycles. The molecular weight excluding hydrogens is 532 g/mol. The first-order valence-electron chi connectivity index (χ1n) is 10.8. The molecule has 10 nitrogen and oxygen atoms in total. The number of morpholine rings is 1. The molecule has 0 spiro atoms. The van der Waals surface area contributed by atoms with Gasteiger partial charge in [-0.15, -0.1) is 0 Å². The van der Waals surface area contributed by atoms with Crippen LogP contribution in [-0.2, 0) is 23.7 Å². The molecule has 1 aliphatic rings. The molecule has 0 bridgehead atoms. The van der Waals surface area contributed by atoms with E-state index in [1.54, 1.807) is 63.2 Å². The molecule has 2 atom stereocenters. The summed E-state index contributed by atoms with van der Waals surface area (Å²) in [6.45, 7) is 10.9. The number of amides is 1. The first-order valence-corrected chi connectivity index (χ1v) is 12.0. The molecule has 34 heavy (non-hydrogen) atoms. The molecule has 1 aliphatic heterocycles. The van der Waals surface area contributed by atoms with Gasteiger partial charge in [-0.25, -0.2) is 19.6 Å². The summed E-state index contributed by atoms with van der Waals surface area (Å²) in [5.74, 6) is 0.0815. The van der Waals surface area contributed by atoms with Gasteiger partial charge in [-0.05, 0) is 57.5 Å². The van der Waals surface area contributed by atoms with Crippen molar-refractivity contribution in [1.29, 1.82) is 0 Å². The lowest BCUT2D eigenvalue weighted by atomic mass is 10.1. The van der Waals surface area contributed by atoms with E-state index < -0.39 is 35.4 Å². The van der Waals surface area contributed by atoms with Gasteiger partial charge in [0.15, 0.2) is 5.15 Å². The van der Waals surface area contributed by atoms with Gasteiger partial charge >= 0.3 is 12.1 Å². The molecule has 2 aromatic heterocycles. The predicted molar refractivity (Wildman–Crippen MR) is 128 cm³/mol. The average molecular weight is 562 g/mol. The monoisotopic (exact) mass is 560 g/mol. The van der Waals surface area contributed by atoms with E-state index >= 15 is 0 Å². The summed E-state index contributed by atoms with van der Waals surface area (Å²) in [5, 5.41) is 0.293. The Labute approximate surface area is 212 Å². The van der Waals surface area contributed by atoms with Gasteiger partial charge in [-0.1, -0.05) is 11.6 Å². The number of aromatic nitrogens is 3. The van der Waals surface area contributed by atoms with Crippen molar-refractivity contribution in [3.05, 3.63) is 28.0 Å². The first kappa shape index (κ1) is 26.7. The van der Waals surface area contributed by atoms with E-state index in [0.717, 1.165) is 0 Å². The van der Waals surface area contributed by atoms with Crippen molar-refractivity contribution in [2.24, 2.45) is 0 Å². The predicted octanol–water partition coefficient (Wildman–Crippen LogP) is 4.18. The van der Waals surface area contributed by atoms with Gasteiger partial charge in [0, 0.05) is 12.4 Å². The summed E-state index contributed by atoms with van der Waals surface area (Å²) in [6, 6.07) is -0.464. The Bertz CT molecular complexity index is 1050. The highest BCUT2D eigenvalue weighted by molar-refractivity contribution is 9.10. The largest absolute Gasteiger partial charge is 0.458 e. The van der Waals surface area contributed by atoms with Gasteiger partial charge < -0.3 is 18.9 Å². The van der Waals surface area contributed by atoms with Gasteiger partial charge in [-0.3, -0.25) is 9.30 Å². The summed E-state index contributed by atoms with van der Waals surface area (Å²) >= 11 is 9.65. The maximum absolute atomic E-state index is 13.0. The van der Waals surface area contributed by atoms with Crippen LogP contribution in [0.2, 0.25) is 5.15 Å². The minimum atomic E-state index is -0.685. The minimum Gasteiger partial charge on any atom is -0.458 e. The number of ether oxygens (including phenoxy) is 4. The number of hydrogen-bond donors (Lipinski definition) is 0. The second-order valence-electron chi connectivity index (χ2n) is 9.91. The third-order valence-electron chi connectivity index (χ3n) is 4.65. The fourth-order valence-electron chi connectivity index (χ4n) is 3.40. The molecule has 0 saturated carbocycles. The van der Waals surface area contributed by atoms with Gasteiger partial charge in [0.2, 0.25) is 0 Å². The highest BCUT2D eigenvalue weighted by Crippen LogP contribution is 2.31. The number of fused-ring (bicyclic) bond motifs is 1. The van der Waals surface area contributed by atoms with Crippen molar-refractivity contribution in [3.63, 3.8) is 0 Å². The van der Waals surface area contributed by atoms with Crippen LogP contribution in [0, 0.1) is 0 Å². The summed E-state index contributed by atoms with van der Waals surface area (Å²) in [6.07, 6.45) is 2.23. The Balaban J connectivity index is 1.76. The second-order valence-corrected chi connectivity index (χ2v) is 11.0. The molecule has 1 fully saturated rings. The number of halogens is 2. The smallest absolute Gasteiger partial charge is 0.410 e. The Morgan fingerprint density at radius 3 is 2.53 bits per heavy atom. The Morgan fingerprint density at radius 2 is 1.88 bits per heavy atom. The van der Waals surface area contributed by atoms with Crippen LogP contribution >= 0.6 is 27.5 Å². The molecular formula is C22H30BrClN4O6. The average Bonchev–Trinajstić information content (AvgIpc) is 3.03. The third-order valence-corrected chi connectivity index (χ3v) is 5.48. The van der Waals surface area contributed by atoms with Crippen LogP contribution in [0.5, 0.6) is 0 Å². The fourth-order valence-corrected chi connectivity index (χ4v) is 4.31. The number of hydrogen-bond acceptors (Lipinski definition) is 8. The normalized spacial score (nSPS) is 19.4. The highest BCUT2D eigenvalue weighted by Gasteiger charge is 2.38. The summed E-state index contributed by atoms with van der Waals surface area (Å²) in [4.78, 5) is 35.2. The maximum atomic E-state index is 13.0. The topological polar surface area (TPSA) is 104 Å². The lowest BCUT2D eigenvalue weighted by molar-refractivity contribution is -0.161. The molecule has 3 heterocycles. The maximum Gasteiger partial charge on any atom is 0.410 e. The van der Waals surface area contributed by atoms with Crippen molar-refractivity contribution in [2.45, 2.75) is 64.9 Å². The molecule has 0 aliphatic carbocycles. The van der Waals surface area contributed by atoms with Gasteiger partial charge in [0.05, 0.1) is 25.8 Å². The molecule has 12 heteroatoms. The Hall–Kier alpha value is -1.95. The lowest BCUT2D eigenvalue weighted by Gasteiger charge is -2.39. The van der Waals surface area contributed by atoms with E-state index in [1.807, 2.05) is 0 Å². The van der Waals surface area contributed by atoms with Gasteiger partial charge in [0.25, 0.3) is 0 Å². The summed E-state index contributed by atoms with van der Waals surface area (Å²) in [5.41, 5.74) is -0.687. The minimum absolute atomic E-state index is 0.0764. The zero-order valence-electron chi connectivity index (χ0n) is 20.1. The fraction of sp³-hybridized carbons (Fsp3) is 0.636. The van der Waals surface area contributed by atoms with Crippen molar-refractivity contribution < 1.29 is 28.5 Å². The van der Waals surface area contributed by atoms with Crippen LogP contribution in [0.1, 0.15) is 53.5 Å². The van der Waals surface area contributed by atoms with Gasteiger partial charge in [-0.2, -0.15) is 0 Å². The number of nitrogens with zero attached hydrogens (tertiary/aromatic N) is 4. The summed E-state index contributed by atoms with van der Waals surface area (Å²) in [7, 11) is 0. The molecule has 3 rings (SSSR count). The van der Waals surface area contributed by atoms with E-state index in [2.05, 4.69) is 25.9 Å². The lowest BCUT2D eigenvalue weighted by Crippen LogP contribution is -2.53. The molecule has 188 valence electrons. The van der Waals surface area contributed by atoms with E-state index in [9.17, 15) is 9.59 Å². The van der Waals surface area contributed by atoms with Crippen LogP contribution in [0.15, 0.2) is 17.0 Å². The van der Waals surface area contributed by atoms with Crippen molar-refractivity contribution >= 4 is 45.1 Å². The molecule has 0 N–H and O–H groups in total. The van der Waals surface area contributed by atoms with Crippen LogP contribution in [0.3, 0.4) is 0 Å². The van der Waals surface area contributed by atoms with Crippen LogP contribution in [-0.4, -0.2) is 74.9 Å². The standard InChI is InChI=1S/C22H30BrClN4O6/c1-21(2,3)33-15(29)12-31-10-13-11-32-14(9-28(13)20(30)34-22(4,5)6)19-26-17(23)16-18(24)25-7-8-27(16)19/h7-8,13-14H,9-12H2,1-6H3. The number of rotatable bonds is 5. The quantitative estimate of drug-likeness (QED) is 0.501. The zero-order chi connectivity index (χ0) is 25.3. The summed E-state index contributed by atoms with van der Waals surface area (Å²) < 4.78 is 24.8. The first-order chi connectivity index (χ1) is 15.7. The van der Waals surface area contributed by atoms with E-state index in [4.69, 9.17) is 30.5 Å². The molecule has 1 amide bonds. The number of esters is 1. The number of carbonyl (C=O) groups excluding carboxylic acids is 2. The van der Waals surface area contributed by atoms with Crippen molar-refractivity contribution in [1.82, 2.24) is 19.3 Å². The van der Waals surface area contributed by atoms with Gasteiger partial charge in [0.1, 0.15) is 39.9 Å². The van der Waals surface area contributed by atoms with Crippen LogP contribution in [0.25, 0.3) is 5.52 Å². The van der Waals surface area contributed by atoms with Crippen molar-refractivity contribution in [3.8, 4) is 0 Å².